The fourth-order valence-electron chi connectivity index (χ4n) is 7.11. The predicted molar refractivity (Wildman–Crippen MR) is 236 cm³/mol. The molecule has 9 aromatic rings. The van der Waals surface area contributed by atoms with Gasteiger partial charge in [-0.15, -0.1) is 0 Å². The molecule has 0 unspecified atom stereocenters. The summed E-state index contributed by atoms with van der Waals surface area (Å²) >= 11 is 10.5. The van der Waals surface area contributed by atoms with E-state index < -0.39 is 0 Å². The largest absolute Gasteiger partial charge is 0.309 e. The Bertz CT molecular complexity index is 2570. The van der Waals surface area contributed by atoms with Crippen LogP contribution in [0.3, 0.4) is 0 Å². The van der Waals surface area contributed by atoms with E-state index in [1.165, 1.54) is 72.0 Å². The highest BCUT2D eigenvalue weighted by atomic mass is 79.9. The van der Waals surface area contributed by atoms with E-state index in [1.807, 2.05) is 24.3 Å². The van der Waals surface area contributed by atoms with Crippen LogP contribution in [0.1, 0.15) is 11.1 Å². The molecule has 0 fully saturated rings. The molecule has 0 radical (unpaired) electrons. The van der Waals surface area contributed by atoms with Gasteiger partial charge in [0.1, 0.15) is 0 Å². The second-order valence-corrected chi connectivity index (χ2v) is 15.7. The highest BCUT2D eigenvalue weighted by Crippen LogP contribution is 2.36. The maximum absolute atomic E-state index is 3.58. The van der Waals surface area contributed by atoms with E-state index >= 15 is 0 Å². The molecule has 0 spiro atoms. The van der Waals surface area contributed by atoms with Gasteiger partial charge in [-0.05, 0) is 112 Å². The summed E-state index contributed by atoms with van der Waals surface area (Å²) < 4.78 is 5.66. The van der Waals surface area contributed by atoms with E-state index in [1.54, 1.807) is 0 Å². The molecular formula is C49H34Br3N. The van der Waals surface area contributed by atoms with Crippen molar-refractivity contribution in [2.24, 2.45) is 0 Å². The Kier molecular flexibility index (Phi) is 10.5. The summed E-state index contributed by atoms with van der Waals surface area (Å²) in [5.41, 5.74) is 14.3. The summed E-state index contributed by atoms with van der Waals surface area (Å²) in [6.07, 6.45) is 1.10. The molecule has 53 heavy (non-hydrogen) atoms. The van der Waals surface area contributed by atoms with Gasteiger partial charge in [0.2, 0.25) is 0 Å². The van der Waals surface area contributed by atoms with Crippen molar-refractivity contribution in [3.8, 4) is 39.1 Å². The number of fused-ring (bicyclic) bond motifs is 6. The molecule has 10 rings (SSSR count). The number of benzene rings is 8. The maximum atomic E-state index is 3.58. The zero-order valence-electron chi connectivity index (χ0n) is 28.8. The molecule has 1 nitrogen and oxygen atoms in total. The molecule has 0 N–H and O–H groups in total. The molecule has 1 heterocycles. The summed E-state index contributed by atoms with van der Waals surface area (Å²) in [4.78, 5) is 0. The van der Waals surface area contributed by atoms with Crippen molar-refractivity contribution in [3.05, 3.63) is 219 Å². The molecule has 0 bridgehead atoms. The first kappa shape index (κ1) is 35.1. The van der Waals surface area contributed by atoms with Crippen LogP contribution in [0.15, 0.2) is 208 Å². The summed E-state index contributed by atoms with van der Waals surface area (Å²) in [6, 6.07) is 68.3. The molecular weight excluding hydrogens is 842 g/mol. The number of aromatic nitrogens is 1. The van der Waals surface area contributed by atoms with Gasteiger partial charge in [-0.1, -0.05) is 181 Å². The van der Waals surface area contributed by atoms with E-state index in [0.29, 0.717) is 0 Å². The third-order valence-corrected chi connectivity index (χ3v) is 11.0. The van der Waals surface area contributed by atoms with Crippen molar-refractivity contribution in [1.29, 1.82) is 0 Å². The topological polar surface area (TPSA) is 4.93 Å². The van der Waals surface area contributed by atoms with Gasteiger partial charge in [-0.3, -0.25) is 0 Å². The molecule has 0 saturated heterocycles. The maximum Gasteiger partial charge on any atom is 0.0541 e. The first-order chi connectivity index (χ1) is 26.0. The summed E-state index contributed by atoms with van der Waals surface area (Å²) in [7, 11) is 0. The first-order valence-electron chi connectivity index (χ1n) is 17.5. The van der Waals surface area contributed by atoms with Gasteiger partial charge in [0.05, 0.1) is 11.0 Å². The standard InChI is InChI=1S/C24H16BrN.C13H10.C12H8Br2/c25-19-9-5-7-17(15-19)18-8-6-10-20(16-18)26-23-13-3-1-11-21(23)22-12-2-4-14-24(22)26;1-3-7-12-10(5-1)9-11-6-2-4-8-13(11)12;13-11-5-1-3-9(7-11)10-4-2-6-12(14)8-10/h1-16H;1-8H,9H2;1-8H. The van der Waals surface area contributed by atoms with Crippen molar-refractivity contribution < 1.29 is 0 Å². The van der Waals surface area contributed by atoms with E-state index in [2.05, 4.69) is 222 Å². The van der Waals surface area contributed by atoms with E-state index in [4.69, 9.17) is 0 Å². The van der Waals surface area contributed by atoms with Crippen molar-refractivity contribution in [1.82, 2.24) is 4.57 Å². The first-order valence-corrected chi connectivity index (χ1v) is 19.9. The smallest absolute Gasteiger partial charge is 0.0541 e. The van der Waals surface area contributed by atoms with Crippen molar-refractivity contribution >= 4 is 69.6 Å². The Morgan fingerprint density at radius 2 is 0.717 bits per heavy atom. The van der Waals surface area contributed by atoms with Crippen LogP contribution in [0.4, 0.5) is 0 Å². The van der Waals surface area contributed by atoms with Crippen LogP contribution >= 0.6 is 47.8 Å². The second kappa shape index (κ2) is 15.9. The summed E-state index contributed by atoms with van der Waals surface area (Å²) in [6.45, 7) is 0. The Morgan fingerprint density at radius 3 is 1.17 bits per heavy atom. The van der Waals surface area contributed by atoms with Gasteiger partial charge < -0.3 is 4.57 Å². The Labute approximate surface area is 336 Å². The average Bonchev–Trinajstić information content (AvgIpc) is 3.75. The quantitative estimate of drug-likeness (QED) is 0.167. The van der Waals surface area contributed by atoms with Crippen molar-refractivity contribution in [2.45, 2.75) is 6.42 Å². The highest BCUT2D eigenvalue weighted by Gasteiger charge is 2.16. The van der Waals surface area contributed by atoms with E-state index in [-0.39, 0.29) is 0 Å². The molecule has 1 aliphatic rings. The summed E-state index contributed by atoms with van der Waals surface area (Å²) in [5, 5.41) is 2.58. The number of nitrogens with zero attached hydrogens (tertiary/aromatic N) is 1. The number of halogens is 3. The lowest BCUT2D eigenvalue weighted by atomic mass is 10.1. The minimum absolute atomic E-state index is 1.09. The van der Waals surface area contributed by atoms with Gasteiger partial charge in [0, 0.05) is 29.9 Å². The van der Waals surface area contributed by atoms with Crippen LogP contribution in [0, 0.1) is 0 Å². The minimum atomic E-state index is 1.09. The minimum Gasteiger partial charge on any atom is -0.309 e. The van der Waals surface area contributed by atoms with E-state index in [0.717, 1.165) is 19.8 Å². The number of rotatable bonds is 3. The SMILES string of the molecule is Brc1cccc(-c2cccc(-n3c4ccccc4c4ccccc43)c2)c1.Brc1cccc(-c2cccc(Br)c2)c1.c1ccc2c(c1)Cc1ccccc1-2. The average molecular weight is 877 g/mol. The third kappa shape index (κ3) is 7.72. The molecule has 1 aromatic heterocycles. The Hall–Kier alpha value is -5.00. The van der Waals surface area contributed by atoms with Gasteiger partial charge in [0.25, 0.3) is 0 Å². The molecule has 0 amide bonds. The molecule has 0 aliphatic heterocycles. The lowest BCUT2D eigenvalue weighted by Gasteiger charge is -2.10. The van der Waals surface area contributed by atoms with Gasteiger partial charge in [0.15, 0.2) is 0 Å². The Balaban J connectivity index is 0.000000125. The summed E-state index contributed by atoms with van der Waals surface area (Å²) in [5.74, 6) is 0. The lowest BCUT2D eigenvalue weighted by molar-refractivity contribution is 1.18. The monoisotopic (exact) mass is 873 g/mol. The van der Waals surface area contributed by atoms with Gasteiger partial charge in [-0.25, -0.2) is 0 Å². The highest BCUT2D eigenvalue weighted by molar-refractivity contribution is 9.11. The molecule has 256 valence electrons. The number of para-hydroxylation sites is 2. The van der Waals surface area contributed by atoms with Crippen LogP contribution in [0.2, 0.25) is 0 Å². The van der Waals surface area contributed by atoms with Crippen molar-refractivity contribution in [3.63, 3.8) is 0 Å². The van der Waals surface area contributed by atoms with Gasteiger partial charge >= 0.3 is 0 Å². The van der Waals surface area contributed by atoms with Crippen molar-refractivity contribution in [2.75, 3.05) is 0 Å². The molecule has 8 aromatic carbocycles. The Morgan fingerprint density at radius 1 is 0.340 bits per heavy atom. The molecule has 4 heteroatoms. The fraction of sp³-hybridized carbons (Fsp3) is 0.0204. The zero-order chi connectivity index (χ0) is 36.1. The lowest BCUT2D eigenvalue weighted by Crippen LogP contribution is -1.94. The van der Waals surface area contributed by atoms with Crippen LogP contribution in [0.5, 0.6) is 0 Å². The molecule has 0 atom stereocenters. The molecule has 0 saturated carbocycles. The number of hydrogen-bond acceptors (Lipinski definition) is 0. The fourth-order valence-corrected chi connectivity index (χ4v) is 8.31. The van der Waals surface area contributed by atoms with Crippen LogP contribution in [0.25, 0.3) is 60.9 Å². The predicted octanol–water partition coefficient (Wildman–Crippen LogP) is 15.3. The number of hydrogen-bond donors (Lipinski definition) is 0. The van der Waals surface area contributed by atoms with Gasteiger partial charge in [-0.2, -0.15) is 0 Å². The van der Waals surface area contributed by atoms with E-state index in [9.17, 15) is 0 Å². The van der Waals surface area contributed by atoms with Crippen LogP contribution in [-0.4, -0.2) is 4.57 Å². The zero-order valence-corrected chi connectivity index (χ0v) is 33.5. The molecule has 1 aliphatic carbocycles. The normalized spacial score (nSPS) is 11.2. The van der Waals surface area contributed by atoms with Crippen LogP contribution < -0.4 is 0 Å². The van der Waals surface area contributed by atoms with Crippen LogP contribution in [-0.2, 0) is 6.42 Å². The second-order valence-electron chi connectivity index (χ2n) is 12.9. The third-order valence-electron chi connectivity index (χ3n) is 9.53.